The van der Waals surface area contributed by atoms with Gasteiger partial charge in [-0.15, -0.1) is 0 Å². The van der Waals surface area contributed by atoms with Crippen LogP contribution < -0.4 is 9.64 Å². The molecular weight excluding hydrogens is 360 g/mol. The molecule has 0 unspecified atom stereocenters. The first kappa shape index (κ1) is 18.5. The number of hydrogen-bond donors (Lipinski definition) is 0. The van der Waals surface area contributed by atoms with Crippen molar-refractivity contribution in [1.82, 2.24) is 0 Å². The lowest BCUT2D eigenvalue weighted by molar-refractivity contribution is -0.112. The third-order valence-electron chi connectivity index (χ3n) is 5.00. The minimum absolute atomic E-state index is 0.0298. The van der Waals surface area contributed by atoms with E-state index in [-0.39, 0.29) is 5.91 Å². The predicted octanol–water partition coefficient (Wildman–Crippen LogP) is 5.04. The quantitative estimate of drug-likeness (QED) is 0.583. The van der Waals surface area contributed by atoms with Crippen LogP contribution in [0.2, 0.25) is 0 Å². The minimum atomic E-state index is 0.0298. The number of ether oxygens (including phenoxy) is 1. The SMILES string of the molecule is CCN1C(=O)/C(=C\c2ccc(OCc3ccccc3C#N)cc2)c2ccccc21. The molecule has 0 N–H and O–H groups in total. The summed E-state index contributed by atoms with van der Waals surface area (Å²) in [7, 11) is 0. The van der Waals surface area contributed by atoms with Gasteiger partial charge in [0, 0.05) is 23.2 Å². The van der Waals surface area contributed by atoms with Crippen LogP contribution in [0.25, 0.3) is 11.6 Å². The molecule has 3 aromatic rings. The number of nitrogens with zero attached hydrogens (tertiary/aromatic N) is 2. The molecule has 3 aromatic carbocycles. The maximum absolute atomic E-state index is 12.8. The predicted molar refractivity (Wildman–Crippen MR) is 114 cm³/mol. The standard InChI is InChI=1S/C25H20N2O2/c1-2-27-24-10-6-5-9-22(24)23(25(27)28)15-18-11-13-21(14-12-18)29-17-20-8-4-3-7-19(20)16-26/h3-15H,2,17H2,1H3/b23-15-. The molecule has 0 radical (unpaired) electrons. The third-order valence-corrected chi connectivity index (χ3v) is 5.00. The second-order valence-electron chi connectivity index (χ2n) is 6.75. The number of carbonyl (C=O) groups is 1. The smallest absolute Gasteiger partial charge is 0.258 e. The summed E-state index contributed by atoms with van der Waals surface area (Å²) in [5, 5.41) is 9.17. The van der Waals surface area contributed by atoms with Crippen LogP contribution in [0.5, 0.6) is 5.75 Å². The molecule has 1 aliphatic heterocycles. The topological polar surface area (TPSA) is 53.3 Å². The third kappa shape index (κ3) is 3.63. The maximum atomic E-state index is 12.8. The first-order valence-electron chi connectivity index (χ1n) is 9.55. The van der Waals surface area contributed by atoms with Crippen LogP contribution >= 0.6 is 0 Å². The van der Waals surface area contributed by atoms with Gasteiger partial charge in [0.25, 0.3) is 5.91 Å². The molecule has 0 atom stereocenters. The Morgan fingerprint density at radius 3 is 2.48 bits per heavy atom. The molecule has 0 bridgehead atoms. The van der Waals surface area contributed by atoms with Crippen molar-refractivity contribution in [3.05, 3.63) is 95.1 Å². The largest absolute Gasteiger partial charge is 0.489 e. The van der Waals surface area contributed by atoms with Crippen molar-refractivity contribution >= 4 is 23.2 Å². The molecule has 0 saturated heterocycles. The molecule has 0 spiro atoms. The highest BCUT2D eigenvalue weighted by atomic mass is 16.5. The van der Waals surface area contributed by atoms with Crippen molar-refractivity contribution in [1.29, 1.82) is 5.26 Å². The Morgan fingerprint density at radius 2 is 1.72 bits per heavy atom. The van der Waals surface area contributed by atoms with Gasteiger partial charge < -0.3 is 9.64 Å². The summed E-state index contributed by atoms with van der Waals surface area (Å²) in [6.07, 6.45) is 1.92. The van der Waals surface area contributed by atoms with E-state index in [1.165, 1.54) is 0 Å². The Morgan fingerprint density at radius 1 is 1.00 bits per heavy atom. The van der Waals surface area contributed by atoms with Crippen molar-refractivity contribution in [2.24, 2.45) is 0 Å². The summed E-state index contributed by atoms with van der Waals surface area (Å²) >= 11 is 0. The molecule has 0 saturated carbocycles. The van der Waals surface area contributed by atoms with E-state index in [0.29, 0.717) is 30.0 Å². The van der Waals surface area contributed by atoms with Crippen LogP contribution in [0.1, 0.15) is 29.2 Å². The first-order valence-corrected chi connectivity index (χ1v) is 9.55. The monoisotopic (exact) mass is 380 g/mol. The summed E-state index contributed by atoms with van der Waals surface area (Å²) in [4.78, 5) is 14.6. The number of carbonyl (C=O) groups excluding carboxylic acids is 1. The van der Waals surface area contributed by atoms with E-state index >= 15 is 0 Å². The van der Waals surface area contributed by atoms with Crippen LogP contribution in [-0.4, -0.2) is 12.5 Å². The number of amides is 1. The van der Waals surface area contributed by atoms with Crippen LogP contribution in [0, 0.1) is 11.3 Å². The van der Waals surface area contributed by atoms with Gasteiger partial charge in [0.2, 0.25) is 0 Å². The average Bonchev–Trinajstić information content (AvgIpc) is 3.04. The molecule has 4 rings (SSSR count). The molecule has 142 valence electrons. The molecule has 0 aromatic heterocycles. The van der Waals surface area contributed by atoms with E-state index in [1.807, 2.05) is 79.7 Å². The van der Waals surface area contributed by atoms with Crippen molar-refractivity contribution in [2.75, 3.05) is 11.4 Å². The van der Waals surface area contributed by atoms with Gasteiger partial charge in [0.1, 0.15) is 12.4 Å². The van der Waals surface area contributed by atoms with Crippen LogP contribution in [0.4, 0.5) is 5.69 Å². The first-order chi connectivity index (χ1) is 14.2. The summed E-state index contributed by atoms with van der Waals surface area (Å²) in [6.45, 7) is 2.96. The molecule has 4 heteroatoms. The average molecular weight is 380 g/mol. The molecule has 0 fully saturated rings. The number of anilines is 1. The summed E-state index contributed by atoms with van der Waals surface area (Å²) in [6, 6.07) is 25.1. The summed E-state index contributed by atoms with van der Waals surface area (Å²) in [5.74, 6) is 0.746. The van der Waals surface area contributed by atoms with Gasteiger partial charge in [-0.2, -0.15) is 5.26 Å². The van der Waals surface area contributed by atoms with Gasteiger partial charge >= 0.3 is 0 Å². The van der Waals surface area contributed by atoms with E-state index in [4.69, 9.17) is 4.74 Å². The fourth-order valence-electron chi connectivity index (χ4n) is 3.50. The highest BCUT2D eigenvalue weighted by molar-refractivity contribution is 6.35. The van der Waals surface area contributed by atoms with Crippen molar-refractivity contribution in [3.8, 4) is 11.8 Å². The van der Waals surface area contributed by atoms with E-state index in [1.54, 1.807) is 11.0 Å². The Labute approximate surface area is 170 Å². The van der Waals surface area contributed by atoms with Crippen molar-refractivity contribution in [2.45, 2.75) is 13.5 Å². The molecule has 1 heterocycles. The Balaban J connectivity index is 1.53. The second-order valence-corrected chi connectivity index (χ2v) is 6.75. The minimum Gasteiger partial charge on any atom is -0.489 e. The van der Waals surface area contributed by atoms with Crippen LogP contribution in [-0.2, 0) is 11.4 Å². The van der Waals surface area contributed by atoms with E-state index in [0.717, 1.165) is 22.4 Å². The number of nitriles is 1. The van der Waals surface area contributed by atoms with Gasteiger partial charge in [0.15, 0.2) is 0 Å². The molecule has 1 amide bonds. The molecule has 4 nitrogen and oxygen atoms in total. The zero-order chi connectivity index (χ0) is 20.2. The lowest BCUT2D eigenvalue weighted by atomic mass is 10.0. The molecular formula is C25H20N2O2. The Kier molecular flexibility index (Phi) is 5.13. The number of rotatable bonds is 5. The second kappa shape index (κ2) is 8.04. The van der Waals surface area contributed by atoms with Gasteiger partial charge in [0.05, 0.1) is 17.3 Å². The molecule has 0 aliphatic carbocycles. The molecule has 1 aliphatic rings. The summed E-state index contributed by atoms with van der Waals surface area (Å²) < 4.78 is 5.82. The Hall–Kier alpha value is -3.84. The number of benzene rings is 3. The van der Waals surface area contributed by atoms with Gasteiger partial charge in [-0.25, -0.2) is 0 Å². The van der Waals surface area contributed by atoms with Crippen LogP contribution in [0.3, 0.4) is 0 Å². The zero-order valence-electron chi connectivity index (χ0n) is 16.1. The fourth-order valence-corrected chi connectivity index (χ4v) is 3.50. The number of para-hydroxylation sites is 1. The van der Waals surface area contributed by atoms with E-state index in [2.05, 4.69) is 6.07 Å². The Bertz CT molecular complexity index is 1120. The highest BCUT2D eigenvalue weighted by Gasteiger charge is 2.30. The fraction of sp³-hybridized carbons (Fsp3) is 0.120. The number of likely N-dealkylation sites (N-methyl/N-ethyl adjacent to an activating group) is 1. The highest BCUT2D eigenvalue weighted by Crippen LogP contribution is 2.37. The summed E-state index contributed by atoms with van der Waals surface area (Å²) in [5.41, 5.74) is 5.04. The normalized spacial score (nSPS) is 14.0. The zero-order valence-corrected chi connectivity index (χ0v) is 16.1. The van der Waals surface area contributed by atoms with Crippen molar-refractivity contribution < 1.29 is 9.53 Å². The van der Waals surface area contributed by atoms with Crippen molar-refractivity contribution in [3.63, 3.8) is 0 Å². The maximum Gasteiger partial charge on any atom is 0.258 e. The van der Waals surface area contributed by atoms with Gasteiger partial charge in [-0.05, 0) is 42.8 Å². The lowest BCUT2D eigenvalue weighted by Crippen LogP contribution is -2.25. The van der Waals surface area contributed by atoms with E-state index < -0.39 is 0 Å². The van der Waals surface area contributed by atoms with Gasteiger partial charge in [-0.3, -0.25) is 4.79 Å². The van der Waals surface area contributed by atoms with Gasteiger partial charge in [-0.1, -0.05) is 48.5 Å². The van der Waals surface area contributed by atoms with Crippen LogP contribution in [0.15, 0.2) is 72.8 Å². The number of fused-ring (bicyclic) bond motifs is 1. The number of hydrogen-bond acceptors (Lipinski definition) is 3. The van der Waals surface area contributed by atoms with E-state index in [9.17, 15) is 10.1 Å². The molecule has 29 heavy (non-hydrogen) atoms. The lowest BCUT2D eigenvalue weighted by Gasteiger charge is -2.13.